The van der Waals surface area contributed by atoms with Crippen LogP contribution in [0.25, 0.3) is 0 Å². The van der Waals surface area contributed by atoms with Crippen molar-refractivity contribution in [3.05, 3.63) is 71.3 Å². The normalized spacial score (nSPS) is 17.4. The van der Waals surface area contributed by atoms with E-state index < -0.39 is 5.79 Å². The van der Waals surface area contributed by atoms with Gasteiger partial charge in [0.25, 0.3) is 0 Å². The minimum atomic E-state index is -0.722. The molecule has 4 heteroatoms. The summed E-state index contributed by atoms with van der Waals surface area (Å²) in [5.74, 6) is -1.03. The number of ether oxygens (including phenoxy) is 3. The first-order valence-electron chi connectivity index (χ1n) is 8.21. The maximum atomic E-state index is 12.2. The van der Waals surface area contributed by atoms with Gasteiger partial charge in [-0.3, -0.25) is 0 Å². The number of hydrogen-bond donors (Lipinski definition) is 0. The van der Waals surface area contributed by atoms with E-state index in [1.807, 2.05) is 56.3 Å². The quantitative estimate of drug-likeness (QED) is 0.786. The van der Waals surface area contributed by atoms with Crippen LogP contribution in [-0.4, -0.2) is 25.3 Å². The highest BCUT2D eigenvalue weighted by Crippen LogP contribution is 2.33. The smallest absolute Gasteiger partial charge is 0.338 e. The van der Waals surface area contributed by atoms with Gasteiger partial charge < -0.3 is 14.2 Å². The van der Waals surface area contributed by atoms with E-state index in [1.54, 1.807) is 12.1 Å². The molecule has 2 aromatic rings. The van der Waals surface area contributed by atoms with E-state index in [0.717, 1.165) is 11.1 Å². The maximum absolute atomic E-state index is 12.2. The molecule has 0 bridgehead atoms. The number of carbonyl (C=O) groups is 1. The van der Waals surface area contributed by atoms with E-state index in [4.69, 9.17) is 14.2 Å². The van der Waals surface area contributed by atoms with E-state index in [2.05, 4.69) is 0 Å². The van der Waals surface area contributed by atoms with Crippen LogP contribution in [0.15, 0.2) is 54.6 Å². The Hall–Kier alpha value is -2.17. The van der Waals surface area contributed by atoms with Gasteiger partial charge in [0.15, 0.2) is 5.79 Å². The molecule has 4 nitrogen and oxygen atoms in total. The van der Waals surface area contributed by atoms with Gasteiger partial charge in [0.1, 0.15) is 6.10 Å². The molecule has 126 valence electrons. The van der Waals surface area contributed by atoms with Gasteiger partial charge in [-0.05, 0) is 31.5 Å². The standard InChI is InChI=1S/C20H22O4/c1-15(24-19(21)16-8-4-3-5-9-16)14-17-10-6-7-11-18(17)20(2)22-12-13-23-20/h3-11,15H,12-14H2,1-2H3. The summed E-state index contributed by atoms with van der Waals surface area (Å²) in [7, 11) is 0. The van der Waals surface area contributed by atoms with Gasteiger partial charge in [-0.2, -0.15) is 0 Å². The Morgan fingerprint density at radius 3 is 2.42 bits per heavy atom. The van der Waals surface area contributed by atoms with E-state index in [0.29, 0.717) is 25.2 Å². The van der Waals surface area contributed by atoms with Crippen LogP contribution in [0.1, 0.15) is 35.3 Å². The third kappa shape index (κ3) is 3.66. The molecule has 1 heterocycles. The zero-order valence-electron chi connectivity index (χ0n) is 14.0. The van der Waals surface area contributed by atoms with E-state index >= 15 is 0 Å². The van der Waals surface area contributed by atoms with Crippen LogP contribution in [0.2, 0.25) is 0 Å². The second kappa shape index (κ2) is 7.16. The van der Waals surface area contributed by atoms with Gasteiger partial charge in [-0.25, -0.2) is 4.79 Å². The minimum Gasteiger partial charge on any atom is -0.459 e. The molecule has 24 heavy (non-hydrogen) atoms. The Morgan fingerprint density at radius 2 is 1.71 bits per heavy atom. The predicted molar refractivity (Wildman–Crippen MR) is 90.7 cm³/mol. The van der Waals surface area contributed by atoms with Gasteiger partial charge in [0, 0.05) is 12.0 Å². The van der Waals surface area contributed by atoms with Crippen LogP contribution in [-0.2, 0) is 26.4 Å². The molecule has 0 amide bonds. The van der Waals surface area contributed by atoms with Gasteiger partial charge >= 0.3 is 5.97 Å². The fourth-order valence-electron chi connectivity index (χ4n) is 2.99. The van der Waals surface area contributed by atoms with Crippen molar-refractivity contribution in [3.8, 4) is 0 Å². The van der Waals surface area contributed by atoms with Gasteiger partial charge in [0.2, 0.25) is 0 Å². The van der Waals surface area contributed by atoms with Crippen LogP contribution in [0.3, 0.4) is 0 Å². The highest BCUT2D eigenvalue weighted by molar-refractivity contribution is 5.89. The van der Waals surface area contributed by atoms with Crippen molar-refractivity contribution in [1.82, 2.24) is 0 Å². The van der Waals surface area contributed by atoms with Crippen LogP contribution in [0, 0.1) is 0 Å². The lowest BCUT2D eigenvalue weighted by Gasteiger charge is -2.26. The summed E-state index contributed by atoms with van der Waals surface area (Å²) in [6, 6.07) is 17.0. The van der Waals surface area contributed by atoms with Crippen molar-refractivity contribution < 1.29 is 19.0 Å². The van der Waals surface area contributed by atoms with E-state index in [9.17, 15) is 4.79 Å². The molecule has 3 rings (SSSR count). The molecule has 1 atom stereocenters. The van der Waals surface area contributed by atoms with E-state index in [1.165, 1.54) is 0 Å². The van der Waals surface area contributed by atoms with Crippen LogP contribution in [0.5, 0.6) is 0 Å². The molecule has 0 aliphatic carbocycles. The molecular formula is C20H22O4. The van der Waals surface area contributed by atoms with Crippen molar-refractivity contribution in [1.29, 1.82) is 0 Å². The number of esters is 1. The fraction of sp³-hybridized carbons (Fsp3) is 0.350. The molecule has 0 spiro atoms. The third-order valence-electron chi connectivity index (χ3n) is 4.17. The Balaban J connectivity index is 1.71. The molecule has 0 aromatic heterocycles. The average molecular weight is 326 g/mol. The molecule has 2 aromatic carbocycles. The Labute approximate surface area is 142 Å². The molecule has 0 radical (unpaired) electrons. The number of rotatable bonds is 5. The summed E-state index contributed by atoms with van der Waals surface area (Å²) in [4.78, 5) is 12.2. The summed E-state index contributed by atoms with van der Waals surface area (Å²) in [5.41, 5.74) is 2.62. The SMILES string of the molecule is CC(Cc1ccccc1C1(C)OCCO1)OC(=O)c1ccccc1. The van der Waals surface area contributed by atoms with Crippen LogP contribution >= 0.6 is 0 Å². The summed E-state index contributed by atoms with van der Waals surface area (Å²) >= 11 is 0. The average Bonchev–Trinajstić information content (AvgIpc) is 3.03. The lowest BCUT2D eigenvalue weighted by molar-refractivity contribution is -0.150. The predicted octanol–water partition coefficient (Wildman–Crippen LogP) is 3.69. The molecule has 1 saturated heterocycles. The lowest BCUT2D eigenvalue weighted by atomic mass is 9.96. The Bertz CT molecular complexity index is 690. The summed E-state index contributed by atoms with van der Waals surface area (Å²) in [5, 5.41) is 0. The first kappa shape index (κ1) is 16.7. The minimum absolute atomic E-state index is 0.246. The van der Waals surface area contributed by atoms with Gasteiger partial charge in [0.05, 0.1) is 18.8 Å². The lowest BCUT2D eigenvalue weighted by Crippen LogP contribution is -2.26. The fourth-order valence-corrected chi connectivity index (χ4v) is 2.99. The highest BCUT2D eigenvalue weighted by Gasteiger charge is 2.35. The van der Waals surface area contributed by atoms with Gasteiger partial charge in [-0.1, -0.05) is 42.5 Å². The first-order valence-corrected chi connectivity index (χ1v) is 8.21. The third-order valence-corrected chi connectivity index (χ3v) is 4.17. The van der Waals surface area contributed by atoms with Crippen molar-refractivity contribution >= 4 is 5.97 Å². The molecule has 1 aliphatic heterocycles. The summed E-state index contributed by atoms with van der Waals surface area (Å²) < 4.78 is 17.1. The van der Waals surface area contributed by atoms with Crippen LogP contribution < -0.4 is 0 Å². The summed E-state index contributed by atoms with van der Waals surface area (Å²) in [6.45, 7) is 5.00. The second-order valence-electron chi connectivity index (χ2n) is 6.09. The number of carbonyl (C=O) groups excluding carboxylic acids is 1. The van der Waals surface area contributed by atoms with Crippen molar-refractivity contribution in [2.45, 2.75) is 32.2 Å². The van der Waals surface area contributed by atoms with Crippen molar-refractivity contribution in [2.75, 3.05) is 13.2 Å². The Morgan fingerprint density at radius 1 is 1.08 bits per heavy atom. The van der Waals surface area contributed by atoms with E-state index in [-0.39, 0.29) is 12.1 Å². The number of hydrogen-bond acceptors (Lipinski definition) is 4. The molecule has 0 N–H and O–H groups in total. The van der Waals surface area contributed by atoms with Crippen LogP contribution in [0.4, 0.5) is 0 Å². The Kier molecular flexibility index (Phi) is 4.97. The molecule has 1 aliphatic rings. The second-order valence-corrected chi connectivity index (χ2v) is 6.09. The monoisotopic (exact) mass is 326 g/mol. The van der Waals surface area contributed by atoms with Gasteiger partial charge in [-0.15, -0.1) is 0 Å². The van der Waals surface area contributed by atoms with Crippen molar-refractivity contribution in [3.63, 3.8) is 0 Å². The largest absolute Gasteiger partial charge is 0.459 e. The molecule has 1 unspecified atom stereocenters. The topological polar surface area (TPSA) is 44.8 Å². The number of benzene rings is 2. The zero-order chi connectivity index (χ0) is 17.0. The zero-order valence-corrected chi connectivity index (χ0v) is 14.0. The molecular weight excluding hydrogens is 304 g/mol. The maximum Gasteiger partial charge on any atom is 0.338 e. The highest BCUT2D eigenvalue weighted by atomic mass is 16.7. The molecule has 1 fully saturated rings. The summed E-state index contributed by atoms with van der Waals surface area (Å²) in [6.07, 6.45) is 0.362. The first-order chi connectivity index (χ1) is 11.6. The van der Waals surface area contributed by atoms with Crippen molar-refractivity contribution in [2.24, 2.45) is 0 Å². The molecule has 0 saturated carbocycles.